The number of aryl methyl sites for hydroxylation is 1. The average Bonchev–Trinajstić information content (AvgIpc) is 3.46. The number of fused-ring (bicyclic) bond motifs is 2. The monoisotopic (exact) mass is 499 g/mol. The molecule has 0 unspecified atom stereocenters. The first-order chi connectivity index (χ1) is 16.8. The number of carbonyl (C=O) groups is 1. The molecule has 1 aliphatic heterocycles. The Kier molecular flexibility index (Phi) is 5.65. The molecule has 2 aromatic heterocycles. The first-order valence-electron chi connectivity index (χ1n) is 10.3. The summed E-state index contributed by atoms with van der Waals surface area (Å²) in [5.74, 6) is 1.08. The number of halogens is 1. The molecule has 0 bridgehead atoms. The number of aromatic nitrogens is 4. The molecule has 0 fully saturated rings. The highest BCUT2D eigenvalue weighted by molar-refractivity contribution is 6.32. The van der Waals surface area contributed by atoms with Crippen molar-refractivity contribution in [2.24, 2.45) is 0 Å². The number of hydrogen-bond acceptors (Lipinski definition) is 9. The number of nitrogens with zero attached hydrogens (tertiary/aromatic N) is 4. The van der Waals surface area contributed by atoms with Crippen molar-refractivity contribution in [2.75, 3.05) is 19.2 Å². The molecule has 1 amide bonds. The van der Waals surface area contributed by atoms with Crippen molar-refractivity contribution >= 4 is 34.1 Å². The zero-order valence-corrected chi connectivity index (χ0v) is 19.3. The largest absolute Gasteiger partial charge is 0.495 e. The second-order valence-electron chi connectivity index (χ2n) is 7.62. The summed E-state index contributed by atoms with van der Waals surface area (Å²) in [6.07, 6.45) is 0. The molecule has 12 nitrogen and oxygen atoms in total. The van der Waals surface area contributed by atoms with Gasteiger partial charge in [0.15, 0.2) is 17.3 Å². The van der Waals surface area contributed by atoms with Crippen LogP contribution in [0.3, 0.4) is 0 Å². The molecular formula is C22H18ClN5O7. The van der Waals surface area contributed by atoms with Gasteiger partial charge in [0, 0.05) is 11.8 Å². The van der Waals surface area contributed by atoms with Gasteiger partial charge in [0.1, 0.15) is 18.8 Å². The van der Waals surface area contributed by atoms with Crippen LogP contribution in [0.2, 0.25) is 5.02 Å². The molecule has 0 spiro atoms. The summed E-state index contributed by atoms with van der Waals surface area (Å²) in [6.45, 7) is 0.926. The number of ether oxygens (including phenoxy) is 3. The Labute approximate surface area is 201 Å². The van der Waals surface area contributed by atoms with Gasteiger partial charge in [-0.15, -0.1) is 0 Å². The summed E-state index contributed by atoms with van der Waals surface area (Å²) in [4.78, 5) is 43.6. The van der Waals surface area contributed by atoms with Gasteiger partial charge in [-0.3, -0.25) is 18.7 Å². The Balaban J connectivity index is 1.57. The van der Waals surface area contributed by atoms with Crippen LogP contribution in [0.15, 0.2) is 44.4 Å². The van der Waals surface area contributed by atoms with E-state index < -0.39 is 23.7 Å². The lowest BCUT2D eigenvalue weighted by Gasteiger charge is -2.14. The van der Waals surface area contributed by atoms with Crippen molar-refractivity contribution < 1.29 is 23.5 Å². The Hall–Kier alpha value is -4.32. The second kappa shape index (κ2) is 8.80. The fourth-order valence-corrected chi connectivity index (χ4v) is 3.98. The quantitative estimate of drug-likeness (QED) is 0.421. The highest BCUT2D eigenvalue weighted by atomic mass is 35.5. The van der Waals surface area contributed by atoms with E-state index in [1.165, 1.54) is 29.9 Å². The van der Waals surface area contributed by atoms with E-state index in [2.05, 4.69) is 15.5 Å². The van der Waals surface area contributed by atoms with E-state index in [1.807, 2.05) is 0 Å². The third-order valence-corrected chi connectivity index (χ3v) is 5.61. The van der Waals surface area contributed by atoms with Crippen molar-refractivity contribution in [1.82, 2.24) is 19.3 Å². The maximum absolute atomic E-state index is 13.4. The summed E-state index contributed by atoms with van der Waals surface area (Å²) in [7, 11) is 1.48. The molecule has 0 radical (unpaired) electrons. The highest BCUT2D eigenvalue weighted by Gasteiger charge is 2.22. The van der Waals surface area contributed by atoms with Crippen LogP contribution in [0.4, 0.5) is 5.69 Å². The summed E-state index contributed by atoms with van der Waals surface area (Å²) in [5, 5.41) is 6.85. The van der Waals surface area contributed by atoms with E-state index in [4.69, 9.17) is 30.3 Å². The van der Waals surface area contributed by atoms with Crippen LogP contribution < -0.4 is 30.8 Å². The van der Waals surface area contributed by atoms with Gasteiger partial charge in [0.2, 0.25) is 18.6 Å². The van der Waals surface area contributed by atoms with Crippen LogP contribution in [0.25, 0.3) is 10.9 Å². The zero-order chi connectivity index (χ0) is 24.7. The minimum Gasteiger partial charge on any atom is -0.495 e. The lowest BCUT2D eigenvalue weighted by atomic mass is 10.2. The van der Waals surface area contributed by atoms with Gasteiger partial charge in [-0.1, -0.05) is 16.8 Å². The van der Waals surface area contributed by atoms with E-state index in [9.17, 15) is 14.4 Å². The topological polar surface area (TPSA) is 140 Å². The average molecular weight is 500 g/mol. The van der Waals surface area contributed by atoms with Crippen LogP contribution in [0.5, 0.6) is 17.2 Å². The number of nitrogens with one attached hydrogen (secondary N) is 1. The highest BCUT2D eigenvalue weighted by Crippen LogP contribution is 2.34. The van der Waals surface area contributed by atoms with Crippen LogP contribution in [0.1, 0.15) is 11.7 Å². The van der Waals surface area contributed by atoms with Gasteiger partial charge in [0.25, 0.3) is 5.56 Å². The van der Waals surface area contributed by atoms with Crippen LogP contribution >= 0.6 is 11.6 Å². The smallest absolute Gasteiger partial charge is 0.332 e. The lowest BCUT2D eigenvalue weighted by Crippen LogP contribution is -2.42. The molecule has 3 heterocycles. The van der Waals surface area contributed by atoms with Crippen LogP contribution in [-0.4, -0.2) is 39.1 Å². The Bertz CT molecular complexity index is 1590. The maximum Gasteiger partial charge on any atom is 0.332 e. The summed E-state index contributed by atoms with van der Waals surface area (Å²) < 4.78 is 23.1. The number of amides is 1. The third kappa shape index (κ3) is 4.19. The zero-order valence-electron chi connectivity index (χ0n) is 18.5. The minimum atomic E-state index is -0.736. The fraction of sp³-hybridized carbons (Fsp3) is 0.227. The molecule has 0 aliphatic carbocycles. The van der Waals surface area contributed by atoms with Gasteiger partial charge in [-0.2, -0.15) is 4.98 Å². The van der Waals surface area contributed by atoms with Crippen molar-refractivity contribution in [1.29, 1.82) is 0 Å². The van der Waals surface area contributed by atoms with Crippen LogP contribution in [-0.2, 0) is 17.9 Å². The Morgan fingerprint density at radius 3 is 2.63 bits per heavy atom. The van der Waals surface area contributed by atoms with E-state index in [1.54, 1.807) is 19.1 Å². The van der Waals surface area contributed by atoms with E-state index in [0.29, 0.717) is 33.8 Å². The van der Waals surface area contributed by atoms with Crippen molar-refractivity contribution in [3.05, 3.63) is 67.9 Å². The minimum absolute atomic E-state index is 0.0238. The fourth-order valence-electron chi connectivity index (χ4n) is 3.73. The van der Waals surface area contributed by atoms with Gasteiger partial charge < -0.3 is 24.1 Å². The molecular weight excluding hydrogens is 482 g/mol. The Morgan fingerprint density at radius 1 is 1.17 bits per heavy atom. The normalized spacial score (nSPS) is 12.2. The van der Waals surface area contributed by atoms with E-state index in [-0.39, 0.29) is 30.1 Å². The standard InChI is InChI=1S/C22H18ClN5O7/c1-11-24-20(35-26-11)9-28-21(30)13-6-17-18(34-10-33-17)7-15(13)27(22(28)31)8-19(29)25-12-3-4-16(32-2)14(23)5-12/h3-7H,8-10H2,1-2H3,(H,25,29). The SMILES string of the molecule is COc1ccc(NC(=O)Cn2c(=O)n(Cc3nc(C)no3)c(=O)c3cc4c(cc32)OCO4)cc1Cl. The molecule has 1 aliphatic rings. The molecule has 35 heavy (non-hydrogen) atoms. The summed E-state index contributed by atoms with van der Waals surface area (Å²) in [5.41, 5.74) is -0.714. The van der Waals surface area contributed by atoms with Gasteiger partial charge in [-0.25, -0.2) is 4.79 Å². The molecule has 0 atom stereocenters. The molecule has 5 rings (SSSR count). The number of methoxy groups -OCH3 is 1. The summed E-state index contributed by atoms with van der Waals surface area (Å²) >= 11 is 6.13. The number of hydrogen-bond donors (Lipinski definition) is 1. The second-order valence-corrected chi connectivity index (χ2v) is 8.02. The van der Waals surface area contributed by atoms with Gasteiger partial charge in [0.05, 0.1) is 23.0 Å². The first kappa shape index (κ1) is 22.5. The molecule has 180 valence electrons. The van der Waals surface area contributed by atoms with Crippen molar-refractivity contribution in [2.45, 2.75) is 20.0 Å². The number of benzene rings is 2. The third-order valence-electron chi connectivity index (χ3n) is 5.32. The predicted molar refractivity (Wildman–Crippen MR) is 123 cm³/mol. The Morgan fingerprint density at radius 2 is 1.94 bits per heavy atom. The maximum atomic E-state index is 13.4. The molecule has 0 saturated carbocycles. The molecule has 2 aromatic carbocycles. The van der Waals surface area contributed by atoms with E-state index >= 15 is 0 Å². The number of carbonyl (C=O) groups excluding carboxylic acids is 1. The van der Waals surface area contributed by atoms with Crippen molar-refractivity contribution in [3.8, 4) is 17.2 Å². The van der Waals surface area contributed by atoms with Gasteiger partial charge >= 0.3 is 5.69 Å². The molecule has 1 N–H and O–H groups in total. The molecule has 13 heteroatoms. The van der Waals surface area contributed by atoms with Gasteiger partial charge in [-0.05, 0) is 31.2 Å². The van der Waals surface area contributed by atoms with E-state index in [0.717, 1.165) is 4.57 Å². The first-order valence-corrected chi connectivity index (χ1v) is 10.7. The summed E-state index contributed by atoms with van der Waals surface area (Å²) in [6, 6.07) is 7.72. The molecule has 0 saturated heterocycles. The predicted octanol–water partition coefficient (Wildman–Crippen LogP) is 1.93. The number of rotatable bonds is 6. The van der Waals surface area contributed by atoms with Crippen LogP contribution in [0, 0.1) is 6.92 Å². The lowest BCUT2D eigenvalue weighted by molar-refractivity contribution is -0.116. The van der Waals surface area contributed by atoms with Crippen molar-refractivity contribution in [3.63, 3.8) is 0 Å². The number of anilines is 1. The molecule has 4 aromatic rings.